The molecule has 0 atom stereocenters. The second kappa shape index (κ2) is 10.5. The van der Waals surface area contributed by atoms with Gasteiger partial charge >= 0.3 is 6.09 Å². The summed E-state index contributed by atoms with van der Waals surface area (Å²) in [6.45, 7) is 6.46. The summed E-state index contributed by atoms with van der Waals surface area (Å²) in [5, 5.41) is 3.24. The monoisotopic (exact) mass is 378 g/mol. The molecule has 1 aromatic carbocycles. The van der Waals surface area contributed by atoms with Crippen molar-refractivity contribution < 1.29 is 19.0 Å². The van der Waals surface area contributed by atoms with Crippen molar-refractivity contribution in [2.24, 2.45) is 10.7 Å². The van der Waals surface area contributed by atoms with E-state index in [1.807, 2.05) is 32.0 Å². The number of methoxy groups -OCH3 is 1. The number of carbonyl (C=O) groups excluding carboxylic acids is 1. The third kappa shape index (κ3) is 6.23. The highest BCUT2D eigenvalue weighted by atomic mass is 16.6. The number of aliphatic imine (C=N–C) groups is 1. The Bertz CT molecular complexity index is 643. The number of ether oxygens (including phenoxy) is 3. The lowest BCUT2D eigenvalue weighted by atomic mass is 10.1. The van der Waals surface area contributed by atoms with Gasteiger partial charge in [0.1, 0.15) is 0 Å². The fourth-order valence-electron chi connectivity index (χ4n) is 2.94. The van der Waals surface area contributed by atoms with Crippen molar-refractivity contribution in [3.05, 3.63) is 23.8 Å². The number of nitrogens with two attached hydrogens (primary N) is 1. The molecule has 0 radical (unpaired) electrons. The van der Waals surface area contributed by atoms with Gasteiger partial charge in [0.2, 0.25) is 0 Å². The van der Waals surface area contributed by atoms with E-state index in [-0.39, 0.29) is 12.1 Å². The second-order valence-electron chi connectivity index (χ2n) is 6.22. The first-order valence-corrected chi connectivity index (χ1v) is 9.35. The molecule has 1 saturated heterocycles. The summed E-state index contributed by atoms with van der Waals surface area (Å²) >= 11 is 0. The summed E-state index contributed by atoms with van der Waals surface area (Å²) in [5.74, 6) is 1.80. The van der Waals surface area contributed by atoms with E-state index in [2.05, 4.69) is 10.3 Å². The van der Waals surface area contributed by atoms with Gasteiger partial charge in [0.15, 0.2) is 17.5 Å². The van der Waals surface area contributed by atoms with Gasteiger partial charge in [-0.2, -0.15) is 0 Å². The SMILES string of the molecule is CCOC(=O)N1CCC(NC(N)=NCc2ccc(OC)c(OCC)c2)CC1. The molecular formula is C19H30N4O4. The maximum Gasteiger partial charge on any atom is 0.409 e. The van der Waals surface area contributed by atoms with E-state index in [0.29, 0.717) is 50.3 Å². The van der Waals surface area contributed by atoms with Crippen LogP contribution in [0.25, 0.3) is 0 Å². The van der Waals surface area contributed by atoms with Crippen LogP contribution in [0.5, 0.6) is 11.5 Å². The maximum absolute atomic E-state index is 11.7. The van der Waals surface area contributed by atoms with Crippen molar-refractivity contribution in [3.63, 3.8) is 0 Å². The number of rotatable bonds is 7. The van der Waals surface area contributed by atoms with Crippen LogP contribution >= 0.6 is 0 Å². The summed E-state index contributed by atoms with van der Waals surface area (Å²) in [4.78, 5) is 17.9. The summed E-state index contributed by atoms with van der Waals surface area (Å²) in [7, 11) is 1.62. The standard InChI is InChI=1S/C19H30N4O4/c1-4-26-17-12-14(6-7-16(17)25-3)13-21-18(20)22-15-8-10-23(11-9-15)19(24)27-5-2/h6-7,12,15H,4-5,8-11,13H2,1-3H3,(H3,20,21,22). The topological polar surface area (TPSA) is 98.4 Å². The number of likely N-dealkylation sites (tertiary alicyclic amines) is 1. The molecule has 8 heteroatoms. The van der Waals surface area contributed by atoms with Gasteiger partial charge in [-0.15, -0.1) is 0 Å². The first-order chi connectivity index (χ1) is 13.1. The van der Waals surface area contributed by atoms with Gasteiger partial charge in [-0.1, -0.05) is 6.07 Å². The second-order valence-corrected chi connectivity index (χ2v) is 6.22. The van der Waals surface area contributed by atoms with Crippen molar-refractivity contribution in [1.29, 1.82) is 0 Å². The Labute approximate surface area is 160 Å². The van der Waals surface area contributed by atoms with Crippen LogP contribution in [0.2, 0.25) is 0 Å². The fourth-order valence-corrected chi connectivity index (χ4v) is 2.94. The number of carbonyl (C=O) groups is 1. The van der Waals surface area contributed by atoms with Crippen molar-refractivity contribution in [1.82, 2.24) is 10.2 Å². The lowest BCUT2D eigenvalue weighted by Crippen LogP contribution is -2.48. The molecule has 1 heterocycles. The molecule has 0 spiro atoms. The number of benzene rings is 1. The number of hydrogen-bond donors (Lipinski definition) is 2. The van der Waals surface area contributed by atoms with Gasteiger partial charge in [0.25, 0.3) is 0 Å². The van der Waals surface area contributed by atoms with Gasteiger partial charge in [-0.25, -0.2) is 9.79 Å². The Morgan fingerprint density at radius 2 is 2.00 bits per heavy atom. The van der Waals surface area contributed by atoms with E-state index >= 15 is 0 Å². The highest BCUT2D eigenvalue weighted by Gasteiger charge is 2.23. The van der Waals surface area contributed by atoms with Crippen LogP contribution in [0.15, 0.2) is 23.2 Å². The van der Waals surface area contributed by atoms with E-state index in [1.165, 1.54) is 0 Å². The van der Waals surface area contributed by atoms with Gasteiger partial charge in [0.05, 0.1) is 26.9 Å². The average Bonchev–Trinajstić information content (AvgIpc) is 2.67. The summed E-state index contributed by atoms with van der Waals surface area (Å²) < 4.78 is 15.9. The van der Waals surface area contributed by atoms with E-state index in [0.717, 1.165) is 18.4 Å². The summed E-state index contributed by atoms with van der Waals surface area (Å²) in [5.41, 5.74) is 7.01. The molecular weight excluding hydrogens is 348 g/mol. The highest BCUT2D eigenvalue weighted by Crippen LogP contribution is 2.28. The minimum Gasteiger partial charge on any atom is -0.493 e. The van der Waals surface area contributed by atoms with Crippen molar-refractivity contribution in [3.8, 4) is 11.5 Å². The number of guanidine groups is 1. The predicted octanol–water partition coefficient (Wildman–Crippen LogP) is 2.12. The Morgan fingerprint density at radius 3 is 2.63 bits per heavy atom. The average molecular weight is 378 g/mol. The minimum atomic E-state index is -0.248. The minimum absolute atomic E-state index is 0.203. The van der Waals surface area contributed by atoms with Crippen LogP contribution in [0.4, 0.5) is 4.79 Å². The quantitative estimate of drug-likeness (QED) is 0.557. The van der Waals surface area contributed by atoms with Crippen LogP contribution in [0.1, 0.15) is 32.3 Å². The van der Waals surface area contributed by atoms with Crippen LogP contribution in [0.3, 0.4) is 0 Å². The first kappa shape index (κ1) is 20.7. The predicted molar refractivity (Wildman–Crippen MR) is 104 cm³/mol. The Hall–Kier alpha value is -2.64. The molecule has 150 valence electrons. The van der Waals surface area contributed by atoms with E-state index in [1.54, 1.807) is 12.0 Å². The maximum atomic E-state index is 11.7. The molecule has 0 bridgehead atoms. The zero-order valence-corrected chi connectivity index (χ0v) is 16.4. The molecule has 1 fully saturated rings. The fraction of sp³-hybridized carbons (Fsp3) is 0.579. The zero-order valence-electron chi connectivity index (χ0n) is 16.4. The normalized spacial score (nSPS) is 15.4. The smallest absolute Gasteiger partial charge is 0.409 e. The number of nitrogens with zero attached hydrogens (tertiary/aromatic N) is 2. The highest BCUT2D eigenvalue weighted by molar-refractivity contribution is 5.78. The molecule has 1 amide bonds. The number of nitrogens with one attached hydrogen (secondary N) is 1. The third-order valence-electron chi connectivity index (χ3n) is 4.33. The summed E-state index contributed by atoms with van der Waals surface area (Å²) in [6, 6.07) is 5.92. The Morgan fingerprint density at radius 1 is 1.26 bits per heavy atom. The number of amides is 1. The largest absolute Gasteiger partial charge is 0.493 e. The van der Waals surface area contributed by atoms with Crippen molar-refractivity contribution in [2.75, 3.05) is 33.4 Å². The van der Waals surface area contributed by atoms with Gasteiger partial charge in [0, 0.05) is 19.1 Å². The van der Waals surface area contributed by atoms with Gasteiger partial charge in [-0.05, 0) is 44.4 Å². The van der Waals surface area contributed by atoms with Gasteiger partial charge in [-0.3, -0.25) is 0 Å². The van der Waals surface area contributed by atoms with E-state index in [4.69, 9.17) is 19.9 Å². The molecule has 8 nitrogen and oxygen atoms in total. The lowest BCUT2D eigenvalue weighted by molar-refractivity contribution is 0.0963. The Balaban J connectivity index is 1.84. The van der Waals surface area contributed by atoms with Crippen LogP contribution < -0.4 is 20.5 Å². The van der Waals surface area contributed by atoms with Crippen LogP contribution in [-0.4, -0.2) is 56.4 Å². The first-order valence-electron chi connectivity index (χ1n) is 9.35. The Kier molecular flexibility index (Phi) is 8.03. The number of hydrogen-bond acceptors (Lipinski definition) is 5. The molecule has 0 aliphatic carbocycles. The molecule has 0 unspecified atom stereocenters. The van der Waals surface area contributed by atoms with E-state index in [9.17, 15) is 4.79 Å². The molecule has 1 aromatic rings. The molecule has 0 aromatic heterocycles. The molecule has 0 saturated carbocycles. The molecule has 27 heavy (non-hydrogen) atoms. The lowest BCUT2D eigenvalue weighted by Gasteiger charge is -2.31. The summed E-state index contributed by atoms with van der Waals surface area (Å²) in [6.07, 6.45) is 1.38. The van der Waals surface area contributed by atoms with Gasteiger partial charge < -0.3 is 30.2 Å². The van der Waals surface area contributed by atoms with Crippen LogP contribution in [-0.2, 0) is 11.3 Å². The zero-order chi connectivity index (χ0) is 19.6. The van der Waals surface area contributed by atoms with Crippen molar-refractivity contribution >= 4 is 12.1 Å². The molecule has 1 aliphatic rings. The molecule has 1 aliphatic heterocycles. The van der Waals surface area contributed by atoms with Crippen molar-refractivity contribution in [2.45, 2.75) is 39.3 Å². The van der Waals surface area contributed by atoms with Crippen LogP contribution in [0, 0.1) is 0 Å². The van der Waals surface area contributed by atoms with E-state index < -0.39 is 0 Å². The molecule has 2 rings (SSSR count). The third-order valence-corrected chi connectivity index (χ3v) is 4.33. The number of piperidine rings is 1. The molecule has 3 N–H and O–H groups in total.